The molecule has 0 heterocycles. The van der Waals surface area contributed by atoms with Crippen LogP contribution in [0, 0.1) is 0 Å². The lowest BCUT2D eigenvalue weighted by molar-refractivity contribution is 0.583. The van der Waals surface area contributed by atoms with Crippen molar-refractivity contribution in [2.24, 2.45) is 4.99 Å². The van der Waals surface area contributed by atoms with E-state index in [9.17, 15) is 0 Å². The Bertz CT molecular complexity index is 356. The molecule has 1 heteroatoms. The third-order valence-electron chi connectivity index (χ3n) is 2.64. The minimum atomic E-state index is 0.211. The van der Waals surface area contributed by atoms with Crippen LogP contribution in [0.25, 0.3) is 0 Å². The third kappa shape index (κ3) is 2.68. The molecular weight excluding hydrogens is 182 g/mol. The highest BCUT2D eigenvalue weighted by molar-refractivity contribution is 5.82. The van der Waals surface area contributed by atoms with Gasteiger partial charge in [-0.25, -0.2) is 0 Å². The zero-order valence-electron chi connectivity index (χ0n) is 10.5. The Morgan fingerprint density at radius 2 is 1.93 bits per heavy atom. The standard InChI is InChI=1S/C14H21N/c1-6-12-11(10-15-5)8-7-9-13(12)14(2,3)4/h7-10H,6H2,1-5H3. The van der Waals surface area contributed by atoms with Gasteiger partial charge in [-0.15, -0.1) is 0 Å². The van der Waals surface area contributed by atoms with Gasteiger partial charge in [0.2, 0.25) is 0 Å². The summed E-state index contributed by atoms with van der Waals surface area (Å²) in [5, 5.41) is 0. The first-order valence-corrected chi connectivity index (χ1v) is 5.55. The highest BCUT2D eigenvalue weighted by Gasteiger charge is 2.18. The van der Waals surface area contributed by atoms with Crippen molar-refractivity contribution in [3.05, 3.63) is 34.9 Å². The monoisotopic (exact) mass is 203 g/mol. The number of hydrogen-bond acceptors (Lipinski definition) is 1. The Morgan fingerprint density at radius 1 is 1.27 bits per heavy atom. The predicted molar refractivity (Wildman–Crippen MR) is 68.0 cm³/mol. The van der Waals surface area contributed by atoms with Crippen molar-refractivity contribution in [1.29, 1.82) is 0 Å². The molecular formula is C14H21N. The number of nitrogens with zero attached hydrogens (tertiary/aromatic N) is 1. The van der Waals surface area contributed by atoms with Crippen molar-refractivity contribution < 1.29 is 0 Å². The summed E-state index contributed by atoms with van der Waals surface area (Å²) >= 11 is 0. The van der Waals surface area contributed by atoms with Crippen LogP contribution in [0.15, 0.2) is 23.2 Å². The number of benzene rings is 1. The molecule has 1 aromatic rings. The molecule has 15 heavy (non-hydrogen) atoms. The maximum Gasteiger partial charge on any atom is 0.0284 e. The first-order valence-electron chi connectivity index (χ1n) is 5.55. The van der Waals surface area contributed by atoms with Crippen molar-refractivity contribution in [1.82, 2.24) is 0 Å². The topological polar surface area (TPSA) is 12.4 Å². The average Bonchev–Trinajstić information content (AvgIpc) is 2.16. The third-order valence-corrected chi connectivity index (χ3v) is 2.64. The van der Waals surface area contributed by atoms with E-state index in [0.717, 1.165) is 6.42 Å². The van der Waals surface area contributed by atoms with Crippen LogP contribution < -0.4 is 0 Å². The maximum absolute atomic E-state index is 4.11. The first kappa shape index (κ1) is 12.0. The summed E-state index contributed by atoms with van der Waals surface area (Å²) in [4.78, 5) is 4.11. The fourth-order valence-corrected chi connectivity index (χ4v) is 1.96. The quantitative estimate of drug-likeness (QED) is 0.651. The summed E-state index contributed by atoms with van der Waals surface area (Å²) in [6.07, 6.45) is 3.02. The van der Waals surface area contributed by atoms with Gasteiger partial charge in [-0.05, 0) is 28.5 Å². The van der Waals surface area contributed by atoms with Crippen molar-refractivity contribution in [2.45, 2.75) is 39.5 Å². The van der Waals surface area contributed by atoms with Gasteiger partial charge in [0.15, 0.2) is 0 Å². The Morgan fingerprint density at radius 3 is 2.40 bits per heavy atom. The van der Waals surface area contributed by atoms with E-state index in [1.165, 1.54) is 16.7 Å². The molecule has 0 amide bonds. The molecule has 0 N–H and O–H groups in total. The van der Waals surface area contributed by atoms with Crippen LogP contribution in [0.3, 0.4) is 0 Å². The van der Waals surface area contributed by atoms with E-state index in [-0.39, 0.29) is 5.41 Å². The van der Waals surface area contributed by atoms with E-state index in [0.29, 0.717) is 0 Å². The molecule has 82 valence electrons. The normalized spacial score (nSPS) is 12.3. The van der Waals surface area contributed by atoms with Gasteiger partial charge in [0.25, 0.3) is 0 Å². The van der Waals surface area contributed by atoms with Gasteiger partial charge in [-0.3, -0.25) is 4.99 Å². The number of aliphatic imine (C=N–C) groups is 1. The molecule has 0 saturated carbocycles. The molecule has 0 fully saturated rings. The van der Waals surface area contributed by atoms with Crippen LogP contribution >= 0.6 is 0 Å². The lowest BCUT2D eigenvalue weighted by atomic mass is 9.81. The summed E-state index contributed by atoms with van der Waals surface area (Å²) in [7, 11) is 1.82. The fraction of sp³-hybridized carbons (Fsp3) is 0.500. The first-order chi connectivity index (χ1) is 7.00. The van der Waals surface area contributed by atoms with Crippen molar-refractivity contribution in [3.63, 3.8) is 0 Å². The summed E-state index contributed by atoms with van der Waals surface area (Å²) < 4.78 is 0. The van der Waals surface area contributed by atoms with E-state index in [1.807, 2.05) is 13.3 Å². The van der Waals surface area contributed by atoms with Crippen molar-refractivity contribution >= 4 is 6.21 Å². The summed E-state index contributed by atoms with van der Waals surface area (Å²) in [5.41, 5.74) is 4.33. The molecule has 0 aliphatic carbocycles. The predicted octanol–water partition coefficient (Wildman–Crippen LogP) is 3.60. The largest absolute Gasteiger partial charge is 0.296 e. The van der Waals surface area contributed by atoms with E-state index >= 15 is 0 Å². The lowest BCUT2D eigenvalue weighted by Crippen LogP contribution is -2.15. The Balaban J connectivity index is 3.35. The molecule has 0 aromatic heterocycles. The van der Waals surface area contributed by atoms with E-state index < -0.39 is 0 Å². The van der Waals surface area contributed by atoms with Crippen LogP contribution in [0.2, 0.25) is 0 Å². The molecule has 0 radical (unpaired) electrons. The van der Waals surface area contributed by atoms with Crippen molar-refractivity contribution in [2.75, 3.05) is 7.05 Å². The second kappa shape index (κ2) is 4.61. The van der Waals surface area contributed by atoms with Gasteiger partial charge >= 0.3 is 0 Å². The molecule has 0 atom stereocenters. The SMILES string of the molecule is CCc1c(C=NC)cccc1C(C)(C)C. The molecule has 0 saturated heterocycles. The Hall–Kier alpha value is -1.11. The zero-order chi connectivity index (χ0) is 11.5. The van der Waals surface area contributed by atoms with Gasteiger partial charge in [-0.1, -0.05) is 45.9 Å². The molecule has 1 aromatic carbocycles. The van der Waals surface area contributed by atoms with Crippen LogP contribution in [0.5, 0.6) is 0 Å². The average molecular weight is 203 g/mol. The molecule has 0 unspecified atom stereocenters. The molecule has 1 nitrogen and oxygen atoms in total. The number of hydrogen-bond donors (Lipinski definition) is 0. The van der Waals surface area contributed by atoms with Gasteiger partial charge < -0.3 is 0 Å². The maximum atomic E-state index is 4.11. The van der Waals surface area contributed by atoms with E-state index in [2.05, 4.69) is 50.9 Å². The van der Waals surface area contributed by atoms with Gasteiger partial charge in [0.1, 0.15) is 0 Å². The van der Waals surface area contributed by atoms with Crippen LogP contribution in [-0.2, 0) is 11.8 Å². The molecule has 0 spiro atoms. The second-order valence-electron chi connectivity index (χ2n) is 4.86. The fourth-order valence-electron chi connectivity index (χ4n) is 1.96. The second-order valence-corrected chi connectivity index (χ2v) is 4.86. The summed E-state index contributed by atoms with van der Waals surface area (Å²) in [6, 6.07) is 6.49. The molecule has 0 aliphatic heterocycles. The lowest BCUT2D eigenvalue weighted by Gasteiger charge is -2.23. The highest BCUT2D eigenvalue weighted by atomic mass is 14.6. The minimum absolute atomic E-state index is 0.211. The minimum Gasteiger partial charge on any atom is -0.296 e. The number of rotatable bonds is 2. The van der Waals surface area contributed by atoms with Gasteiger partial charge in [-0.2, -0.15) is 0 Å². The summed E-state index contributed by atoms with van der Waals surface area (Å²) in [5.74, 6) is 0. The van der Waals surface area contributed by atoms with Gasteiger partial charge in [0, 0.05) is 13.3 Å². The Labute approximate surface area is 93.2 Å². The molecule has 0 aliphatic rings. The Kier molecular flexibility index (Phi) is 3.67. The molecule has 0 bridgehead atoms. The molecule has 1 rings (SSSR count). The summed E-state index contributed by atoms with van der Waals surface area (Å²) in [6.45, 7) is 8.98. The van der Waals surface area contributed by atoms with Crippen LogP contribution in [0.1, 0.15) is 44.4 Å². The van der Waals surface area contributed by atoms with Crippen molar-refractivity contribution in [3.8, 4) is 0 Å². The zero-order valence-corrected chi connectivity index (χ0v) is 10.5. The smallest absolute Gasteiger partial charge is 0.0284 e. The van der Waals surface area contributed by atoms with E-state index in [1.54, 1.807) is 0 Å². The van der Waals surface area contributed by atoms with Crippen LogP contribution in [0.4, 0.5) is 0 Å². The van der Waals surface area contributed by atoms with E-state index in [4.69, 9.17) is 0 Å². The van der Waals surface area contributed by atoms with Gasteiger partial charge in [0.05, 0.1) is 0 Å². The van der Waals surface area contributed by atoms with Crippen LogP contribution in [-0.4, -0.2) is 13.3 Å². The highest BCUT2D eigenvalue weighted by Crippen LogP contribution is 2.27.